The summed E-state index contributed by atoms with van der Waals surface area (Å²) >= 11 is 0. The second kappa shape index (κ2) is 8.27. The molecular weight excluding hydrogens is 347 g/mol. The van der Waals surface area contributed by atoms with Crippen molar-refractivity contribution in [2.45, 2.75) is 6.54 Å². The number of hydrogen-bond acceptors (Lipinski definition) is 5. The van der Waals surface area contributed by atoms with Crippen molar-refractivity contribution >= 4 is 17.5 Å². The van der Waals surface area contributed by atoms with Gasteiger partial charge in [-0.25, -0.2) is 14.4 Å². The molecule has 27 heavy (non-hydrogen) atoms. The van der Waals surface area contributed by atoms with Crippen LogP contribution in [0.4, 0.5) is 16.0 Å². The van der Waals surface area contributed by atoms with Crippen molar-refractivity contribution in [3.05, 3.63) is 77.9 Å². The van der Waals surface area contributed by atoms with Crippen LogP contribution in [0.25, 0.3) is 0 Å². The average molecular weight is 366 g/mol. The van der Waals surface area contributed by atoms with Crippen LogP contribution in [0.15, 0.2) is 60.8 Å². The molecule has 0 atom stereocenters. The van der Waals surface area contributed by atoms with Crippen molar-refractivity contribution in [3.63, 3.8) is 0 Å². The Morgan fingerprint density at radius 3 is 2.48 bits per heavy atom. The number of nitrogens with one attached hydrogen (secondary N) is 1. The number of hydrogen-bond donors (Lipinski definition) is 1. The molecule has 6 nitrogen and oxygen atoms in total. The van der Waals surface area contributed by atoms with Crippen molar-refractivity contribution in [3.8, 4) is 5.75 Å². The average Bonchev–Trinajstić information content (AvgIpc) is 2.70. The molecule has 1 heterocycles. The van der Waals surface area contributed by atoms with Crippen LogP contribution in [-0.4, -0.2) is 30.0 Å². The molecule has 0 saturated carbocycles. The van der Waals surface area contributed by atoms with Gasteiger partial charge < -0.3 is 15.0 Å². The van der Waals surface area contributed by atoms with Crippen molar-refractivity contribution in [1.29, 1.82) is 0 Å². The van der Waals surface area contributed by atoms with Gasteiger partial charge in [0.25, 0.3) is 5.91 Å². The fraction of sp³-hybridized carbons (Fsp3) is 0.150. The maximum Gasteiger partial charge on any atom is 0.274 e. The van der Waals surface area contributed by atoms with Gasteiger partial charge >= 0.3 is 0 Å². The number of benzene rings is 2. The van der Waals surface area contributed by atoms with Crippen LogP contribution in [-0.2, 0) is 6.54 Å². The number of carbonyl (C=O) groups excluding carboxylic acids is 1. The fourth-order valence-corrected chi connectivity index (χ4v) is 2.46. The zero-order valence-corrected chi connectivity index (χ0v) is 15.0. The minimum Gasteiger partial charge on any atom is -0.497 e. The third-order valence-corrected chi connectivity index (χ3v) is 3.90. The molecule has 1 amide bonds. The Morgan fingerprint density at radius 2 is 1.81 bits per heavy atom. The summed E-state index contributed by atoms with van der Waals surface area (Å²) in [7, 11) is 3.39. The van der Waals surface area contributed by atoms with Crippen molar-refractivity contribution < 1.29 is 13.9 Å². The van der Waals surface area contributed by atoms with Gasteiger partial charge in [-0.2, -0.15) is 0 Å². The van der Waals surface area contributed by atoms with Gasteiger partial charge in [-0.3, -0.25) is 4.79 Å². The quantitative estimate of drug-likeness (QED) is 0.723. The van der Waals surface area contributed by atoms with E-state index in [-0.39, 0.29) is 17.4 Å². The van der Waals surface area contributed by atoms with Gasteiger partial charge in [0.05, 0.1) is 7.11 Å². The summed E-state index contributed by atoms with van der Waals surface area (Å²) in [6.45, 7) is 0.490. The van der Waals surface area contributed by atoms with Crippen LogP contribution in [0.1, 0.15) is 16.1 Å². The molecule has 0 aliphatic carbocycles. The number of halogens is 1. The Hall–Kier alpha value is -3.48. The molecule has 0 radical (unpaired) electrons. The summed E-state index contributed by atoms with van der Waals surface area (Å²) in [6.07, 6.45) is 1.53. The highest BCUT2D eigenvalue weighted by atomic mass is 19.1. The second-order valence-corrected chi connectivity index (χ2v) is 5.91. The first-order valence-electron chi connectivity index (χ1n) is 8.29. The highest BCUT2D eigenvalue weighted by Gasteiger charge is 2.12. The number of amides is 1. The highest BCUT2D eigenvalue weighted by Crippen LogP contribution is 2.16. The fourth-order valence-electron chi connectivity index (χ4n) is 2.46. The number of anilines is 2. The smallest absolute Gasteiger partial charge is 0.274 e. The van der Waals surface area contributed by atoms with E-state index in [2.05, 4.69) is 15.3 Å². The summed E-state index contributed by atoms with van der Waals surface area (Å²) in [4.78, 5) is 22.8. The summed E-state index contributed by atoms with van der Waals surface area (Å²) in [5.41, 5.74) is 1.80. The number of methoxy groups -OCH3 is 1. The first-order valence-corrected chi connectivity index (χ1v) is 8.29. The standard InChI is InChI=1S/C20H19FN4O2/c1-25(13-14-3-5-15(21)6-4-14)20-22-12-11-18(24-20)19(26)23-16-7-9-17(27-2)10-8-16/h3-12H,13H2,1-2H3,(H,23,26). The lowest BCUT2D eigenvalue weighted by Gasteiger charge is -2.17. The minimum atomic E-state index is -0.334. The molecule has 0 fully saturated rings. The van der Waals surface area contributed by atoms with Crippen LogP contribution in [0.2, 0.25) is 0 Å². The molecule has 2 aromatic carbocycles. The maximum atomic E-state index is 13.0. The number of aromatic nitrogens is 2. The van der Waals surface area contributed by atoms with Crippen molar-refractivity contribution in [2.75, 3.05) is 24.4 Å². The normalized spacial score (nSPS) is 10.3. The van der Waals surface area contributed by atoms with Crippen LogP contribution in [0, 0.1) is 5.82 Å². The summed E-state index contributed by atoms with van der Waals surface area (Å²) in [6, 6.07) is 14.8. The van der Waals surface area contributed by atoms with E-state index in [1.807, 2.05) is 7.05 Å². The van der Waals surface area contributed by atoms with Gasteiger partial charge in [0.2, 0.25) is 5.95 Å². The first-order chi connectivity index (χ1) is 13.0. The molecule has 1 N–H and O–H groups in total. The Bertz CT molecular complexity index is 914. The molecule has 3 aromatic rings. The number of ether oxygens (including phenoxy) is 1. The predicted octanol–water partition coefficient (Wildman–Crippen LogP) is 3.51. The highest BCUT2D eigenvalue weighted by molar-refractivity contribution is 6.03. The van der Waals surface area contributed by atoms with Crippen LogP contribution in [0.3, 0.4) is 0 Å². The largest absolute Gasteiger partial charge is 0.497 e. The molecule has 3 rings (SSSR count). The molecule has 0 saturated heterocycles. The van der Waals surface area contributed by atoms with Crippen LogP contribution >= 0.6 is 0 Å². The summed E-state index contributed by atoms with van der Waals surface area (Å²) < 4.78 is 18.1. The number of carbonyl (C=O) groups is 1. The molecule has 138 valence electrons. The Labute approximate surface area is 156 Å². The van der Waals surface area contributed by atoms with Gasteiger partial charge in [0.15, 0.2) is 0 Å². The van der Waals surface area contributed by atoms with E-state index < -0.39 is 0 Å². The number of nitrogens with zero attached hydrogens (tertiary/aromatic N) is 3. The second-order valence-electron chi connectivity index (χ2n) is 5.91. The zero-order chi connectivity index (χ0) is 19.2. The molecule has 0 unspecified atom stereocenters. The summed E-state index contributed by atoms with van der Waals surface area (Å²) in [5.74, 6) is 0.496. The third kappa shape index (κ3) is 4.78. The topological polar surface area (TPSA) is 67.3 Å². The van der Waals surface area contributed by atoms with Crippen molar-refractivity contribution in [1.82, 2.24) is 9.97 Å². The number of rotatable bonds is 6. The SMILES string of the molecule is COc1ccc(NC(=O)c2ccnc(N(C)Cc3ccc(F)cc3)n2)cc1. The van der Waals surface area contributed by atoms with Gasteiger partial charge in [0.1, 0.15) is 17.3 Å². The van der Waals surface area contributed by atoms with E-state index in [1.165, 1.54) is 18.3 Å². The lowest BCUT2D eigenvalue weighted by Crippen LogP contribution is -2.21. The van der Waals surface area contributed by atoms with Gasteiger partial charge in [0, 0.05) is 25.5 Å². The van der Waals surface area contributed by atoms with Crippen LogP contribution < -0.4 is 15.0 Å². The molecular formula is C20H19FN4O2. The maximum absolute atomic E-state index is 13.0. The van der Waals surface area contributed by atoms with E-state index in [0.29, 0.717) is 23.9 Å². The van der Waals surface area contributed by atoms with E-state index in [9.17, 15) is 9.18 Å². The zero-order valence-electron chi connectivity index (χ0n) is 15.0. The van der Waals surface area contributed by atoms with Gasteiger partial charge in [-0.15, -0.1) is 0 Å². The Kier molecular flexibility index (Phi) is 5.61. The van der Waals surface area contributed by atoms with E-state index in [0.717, 1.165) is 5.56 Å². The van der Waals surface area contributed by atoms with E-state index in [1.54, 1.807) is 54.5 Å². The molecule has 7 heteroatoms. The van der Waals surface area contributed by atoms with E-state index >= 15 is 0 Å². The van der Waals surface area contributed by atoms with Gasteiger partial charge in [-0.05, 0) is 48.0 Å². The lowest BCUT2D eigenvalue weighted by molar-refractivity contribution is 0.102. The van der Waals surface area contributed by atoms with Crippen LogP contribution in [0.5, 0.6) is 5.75 Å². The Morgan fingerprint density at radius 1 is 1.11 bits per heavy atom. The first kappa shape index (κ1) is 18.3. The molecule has 1 aromatic heterocycles. The molecule has 0 aliphatic rings. The molecule has 0 aliphatic heterocycles. The van der Waals surface area contributed by atoms with Gasteiger partial charge in [-0.1, -0.05) is 12.1 Å². The summed E-state index contributed by atoms with van der Waals surface area (Å²) in [5, 5.41) is 2.79. The third-order valence-electron chi connectivity index (χ3n) is 3.90. The van der Waals surface area contributed by atoms with Crippen molar-refractivity contribution in [2.24, 2.45) is 0 Å². The lowest BCUT2D eigenvalue weighted by atomic mass is 10.2. The molecule has 0 bridgehead atoms. The predicted molar refractivity (Wildman–Crippen MR) is 101 cm³/mol. The minimum absolute atomic E-state index is 0.252. The Balaban J connectivity index is 1.69. The molecule has 0 spiro atoms. The monoisotopic (exact) mass is 366 g/mol. The van der Waals surface area contributed by atoms with E-state index in [4.69, 9.17) is 4.74 Å².